The van der Waals surface area contributed by atoms with Crippen molar-refractivity contribution in [1.29, 1.82) is 0 Å². The van der Waals surface area contributed by atoms with Crippen LogP contribution in [0, 0.1) is 11.7 Å². The molecule has 0 aromatic heterocycles. The normalized spacial score (nSPS) is 21.2. The summed E-state index contributed by atoms with van der Waals surface area (Å²) in [6.07, 6.45) is 8.90. The number of nitrogens with one attached hydrogen (secondary N) is 1. The van der Waals surface area contributed by atoms with Crippen molar-refractivity contribution in [3.8, 4) is 0 Å². The second kappa shape index (κ2) is 9.15. The number of amides is 2. The quantitative estimate of drug-likeness (QED) is 0.757. The van der Waals surface area contributed by atoms with Crippen LogP contribution in [0.1, 0.15) is 56.9 Å². The Morgan fingerprint density at radius 2 is 1.85 bits per heavy atom. The summed E-state index contributed by atoms with van der Waals surface area (Å²) in [4.78, 5) is 26.6. The van der Waals surface area contributed by atoms with Crippen molar-refractivity contribution in [2.45, 2.75) is 63.8 Å². The van der Waals surface area contributed by atoms with E-state index < -0.39 is 0 Å². The van der Waals surface area contributed by atoms with Crippen LogP contribution >= 0.6 is 0 Å². The lowest BCUT2D eigenvalue weighted by atomic mass is 9.94. The third-order valence-electron chi connectivity index (χ3n) is 5.65. The highest BCUT2D eigenvalue weighted by Crippen LogP contribution is 2.28. The zero-order chi connectivity index (χ0) is 18.4. The highest BCUT2D eigenvalue weighted by atomic mass is 19.1. The first kappa shape index (κ1) is 18.9. The van der Waals surface area contributed by atoms with Gasteiger partial charge in [0.25, 0.3) is 0 Å². The molecule has 1 saturated heterocycles. The van der Waals surface area contributed by atoms with E-state index in [9.17, 15) is 14.0 Å². The van der Waals surface area contributed by atoms with E-state index in [-0.39, 0.29) is 23.5 Å². The Labute approximate surface area is 155 Å². The smallest absolute Gasteiger partial charge is 0.225 e. The van der Waals surface area contributed by atoms with Crippen LogP contribution in [0.5, 0.6) is 0 Å². The van der Waals surface area contributed by atoms with Crippen LogP contribution in [0.15, 0.2) is 24.3 Å². The first-order valence-electron chi connectivity index (χ1n) is 9.95. The molecule has 0 radical (unpaired) electrons. The van der Waals surface area contributed by atoms with Crippen LogP contribution in [0.2, 0.25) is 0 Å². The maximum atomic E-state index is 12.9. The maximum Gasteiger partial charge on any atom is 0.225 e. The SMILES string of the molecule is O=C(NCCCCc1ccc(F)cc1)C1CC(=O)N(C2CCCCC2)C1. The topological polar surface area (TPSA) is 49.4 Å². The van der Waals surface area contributed by atoms with E-state index in [0.717, 1.165) is 37.7 Å². The van der Waals surface area contributed by atoms with Gasteiger partial charge in [0.1, 0.15) is 5.82 Å². The standard InChI is InChI=1S/C21H29FN2O2/c22-18-11-9-16(10-12-18)6-4-5-13-23-21(26)17-14-20(25)24(15-17)19-7-2-1-3-8-19/h9-12,17,19H,1-8,13-15H2,(H,23,26). The molecule has 5 heteroatoms. The third kappa shape index (κ3) is 5.05. The summed E-state index contributed by atoms with van der Waals surface area (Å²) in [5.41, 5.74) is 1.11. The number of benzene rings is 1. The minimum atomic E-state index is -0.214. The van der Waals surface area contributed by atoms with Gasteiger partial charge in [-0.25, -0.2) is 4.39 Å². The number of carbonyl (C=O) groups is 2. The molecule has 2 amide bonds. The summed E-state index contributed by atoms with van der Waals surface area (Å²) in [6.45, 7) is 1.22. The molecule has 1 aromatic rings. The predicted octanol–water partition coefficient (Wildman–Crippen LogP) is 3.45. The lowest BCUT2D eigenvalue weighted by Gasteiger charge is -2.31. The Morgan fingerprint density at radius 3 is 2.58 bits per heavy atom. The van der Waals surface area contributed by atoms with E-state index in [0.29, 0.717) is 25.6 Å². The van der Waals surface area contributed by atoms with Crippen LogP contribution in [-0.4, -0.2) is 35.8 Å². The van der Waals surface area contributed by atoms with Crippen LogP contribution in [0.3, 0.4) is 0 Å². The van der Waals surface area contributed by atoms with Gasteiger partial charge in [-0.05, 0) is 49.8 Å². The molecule has 2 fully saturated rings. The third-order valence-corrected chi connectivity index (χ3v) is 5.65. The number of carbonyl (C=O) groups excluding carboxylic acids is 2. The number of halogens is 1. The van der Waals surface area contributed by atoms with Gasteiger partial charge < -0.3 is 10.2 Å². The molecule has 1 saturated carbocycles. The average Bonchev–Trinajstić information content (AvgIpc) is 3.05. The zero-order valence-corrected chi connectivity index (χ0v) is 15.4. The van der Waals surface area contributed by atoms with Crippen LogP contribution in [0.4, 0.5) is 4.39 Å². The first-order chi connectivity index (χ1) is 12.6. The molecule has 142 valence electrons. The van der Waals surface area contributed by atoms with Crippen LogP contribution in [0.25, 0.3) is 0 Å². The highest BCUT2D eigenvalue weighted by Gasteiger charge is 2.37. The second-order valence-corrected chi connectivity index (χ2v) is 7.61. The number of likely N-dealkylation sites (tertiary alicyclic amines) is 1. The van der Waals surface area contributed by atoms with E-state index in [4.69, 9.17) is 0 Å². The molecule has 1 aromatic carbocycles. The summed E-state index contributed by atoms with van der Waals surface area (Å²) in [5, 5.41) is 2.99. The van der Waals surface area contributed by atoms with Gasteiger partial charge in [-0.1, -0.05) is 31.4 Å². The molecule has 0 spiro atoms. The Bertz CT molecular complexity index is 611. The minimum absolute atomic E-state index is 0.0124. The largest absolute Gasteiger partial charge is 0.356 e. The molecular weight excluding hydrogens is 331 g/mol. The van der Waals surface area contributed by atoms with Gasteiger partial charge in [0, 0.05) is 25.6 Å². The molecule has 26 heavy (non-hydrogen) atoms. The molecular formula is C21H29FN2O2. The average molecular weight is 360 g/mol. The van der Waals surface area contributed by atoms with Gasteiger partial charge in [0.05, 0.1) is 5.92 Å². The van der Waals surface area contributed by atoms with E-state index in [1.165, 1.54) is 31.4 Å². The highest BCUT2D eigenvalue weighted by molar-refractivity contribution is 5.89. The van der Waals surface area contributed by atoms with E-state index in [1.807, 2.05) is 4.90 Å². The molecule has 1 heterocycles. The molecule has 0 bridgehead atoms. The monoisotopic (exact) mass is 360 g/mol. The fraction of sp³-hybridized carbons (Fsp3) is 0.619. The Hall–Kier alpha value is -1.91. The van der Waals surface area contributed by atoms with Gasteiger partial charge in [0.15, 0.2) is 0 Å². The molecule has 1 N–H and O–H groups in total. The maximum absolute atomic E-state index is 12.9. The molecule has 2 aliphatic rings. The summed E-state index contributed by atoms with van der Waals surface area (Å²) in [7, 11) is 0. The fourth-order valence-corrected chi connectivity index (χ4v) is 4.11. The Morgan fingerprint density at radius 1 is 1.12 bits per heavy atom. The van der Waals surface area contributed by atoms with E-state index in [2.05, 4.69) is 5.32 Å². The number of aryl methyl sites for hydroxylation is 1. The van der Waals surface area contributed by atoms with Crippen LogP contribution in [-0.2, 0) is 16.0 Å². The van der Waals surface area contributed by atoms with E-state index in [1.54, 1.807) is 12.1 Å². The fourth-order valence-electron chi connectivity index (χ4n) is 4.11. The van der Waals surface area contributed by atoms with Crippen molar-refractivity contribution < 1.29 is 14.0 Å². The Kier molecular flexibility index (Phi) is 6.64. The van der Waals surface area contributed by atoms with Crippen LogP contribution < -0.4 is 5.32 Å². The number of nitrogens with zero attached hydrogens (tertiary/aromatic N) is 1. The minimum Gasteiger partial charge on any atom is -0.356 e. The van der Waals surface area contributed by atoms with Crippen molar-refractivity contribution >= 4 is 11.8 Å². The molecule has 1 aliphatic carbocycles. The summed E-state index contributed by atoms with van der Waals surface area (Å²) < 4.78 is 12.9. The number of hydrogen-bond donors (Lipinski definition) is 1. The van der Waals surface area contributed by atoms with Crippen molar-refractivity contribution in [1.82, 2.24) is 10.2 Å². The molecule has 1 atom stereocenters. The van der Waals surface area contributed by atoms with Gasteiger partial charge in [0.2, 0.25) is 11.8 Å². The summed E-state index contributed by atoms with van der Waals surface area (Å²) >= 11 is 0. The molecule has 1 aliphatic heterocycles. The van der Waals surface area contributed by atoms with Gasteiger partial charge in [-0.2, -0.15) is 0 Å². The first-order valence-corrected chi connectivity index (χ1v) is 9.95. The summed E-state index contributed by atoms with van der Waals surface area (Å²) in [6, 6.07) is 6.92. The number of hydrogen-bond acceptors (Lipinski definition) is 2. The number of rotatable bonds is 7. The van der Waals surface area contributed by atoms with Crippen molar-refractivity contribution in [2.24, 2.45) is 5.92 Å². The second-order valence-electron chi connectivity index (χ2n) is 7.61. The predicted molar refractivity (Wildman–Crippen MR) is 99.0 cm³/mol. The zero-order valence-electron chi connectivity index (χ0n) is 15.4. The lowest BCUT2D eigenvalue weighted by molar-refractivity contribution is -0.130. The van der Waals surface area contributed by atoms with Gasteiger partial charge in [-0.3, -0.25) is 9.59 Å². The molecule has 4 nitrogen and oxygen atoms in total. The van der Waals surface area contributed by atoms with Gasteiger partial charge in [-0.15, -0.1) is 0 Å². The molecule has 3 rings (SSSR count). The van der Waals surface area contributed by atoms with Crippen molar-refractivity contribution in [3.63, 3.8) is 0 Å². The Balaban J connectivity index is 1.34. The number of unbranched alkanes of at least 4 members (excludes halogenated alkanes) is 1. The summed E-state index contributed by atoms with van der Waals surface area (Å²) in [5.74, 6) is -0.247. The van der Waals surface area contributed by atoms with Gasteiger partial charge >= 0.3 is 0 Å². The lowest BCUT2D eigenvalue weighted by Crippen LogP contribution is -2.39. The molecule has 1 unspecified atom stereocenters. The van der Waals surface area contributed by atoms with Crippen molar-refractivity contribution in [2.75, 3.05) is 13.1 Å². The van der Waals surface area contributed by atoms with E-state index >= 15 is 0 Å². The van der Waals surface area contributed by atoms with Crippen molar-refractivity contribution in [3.05, 3.63) is 35.6 Å².